The summed E-state index contributed by atoms with van der Waals surface area (Å²) in [6.45, 7) is 11.1. The molecule has 0 saturated carbocycles. The number of amides is 2. The van der Waals surface area contributed by atoms with Crippen LogP contribution in [0.1, 0.15) is 46.1 Å². The lowest BCUT2D eigenvalue weighted by Crippen LogP contribution is -2.42. The first-order chi connectivity index (χ1) is 15.6. The van der Waals surface area contributed by atoms with Gasteiger partial charge in [0.1, 0.15) is 11.9 Å². The minimum atomic E-state index is -0.482. The fourth-order valence-electron chi connectivity index (χ4n) is 3.54. The highest BCUT2D eigenvalue weighted by Gasteiger charge is 2.26. The number of hydrogen-bond donors (Lipinski definition) is 3. The molecular weight excluding hydrogens is 422 g/mol. The number of carbonyl (C=O) groups is 2. The fourth-order valence-corrected chi connectivity index (χ4v) is 3.54. The Morgan fingerprint density at radius 3 is 2.45 bits per heavy atom. The third-order valence-electron chi connectivity index (χ3n) is 5.28. The van der Waals surface area contributed by atoms with E-state index in [4.69, 9.17) is 4.74 Å². The molecule has 178 valence electrons. The molecule has 10 heteroatoms. The van der Waals surface area contributed by atoms with Crippen molar-refractivity contribution in [1.29, 1.82) is 0 Å². The average molecular weight is 456 g/mol. The number of hydrogen-bond acceptors (Lipinski definition) is 8. The van der Waals surface area contributed by atoms with E-state index in [1.807, 2.05) is 45.9 Å². The number of ether oxygens (including phenoxy) is 1. The van der Waals surface area contributed by atoms with Crippen LogP contribution in [0.15, 0.2) is 24.5 Å². The van der Waals surface area contributed by atoms with Crippen LogP contribution in [0.25, 0.3) is 0 Å². The van der Waals surface area contributed by atoms with Crippen molar-refractivity contribution in [3.05, 3.63) is 30.1 Å². The molecule has 1 aliphatic heterocycles. The van der Waals surface area contributed by atoms with Gasteiger partial charge in [-0.05, 0) is 64.2 Å². The van der Waals surface area contributed by atoms with Gasteiger partial charge in [0.25, 0.3) is 0 Å². The molecule has 0 radical (unpaired) electrons. The summed E-state index contributed by atoms with van der Waals surface area (Å²) < 4.78 is 5.46. The molecule has 1 aromatic carbocycles. The number of carbonyl (C=O) groups excluding carboxylic acids is 2. The van der Waals surface area contributed by atoms with E-state index in [2.05, 4.69) is 30.9 Å². The molecule has 1 aromatic heterocycles. The summed E-state index contributed by atoms with van der Waals surface area (Å²) in [5, 5.41) is 9.28. The standard InChI is InChI=1S/C23H33N7O3/c1-15-18(27-16(2)31)7-6-8-19(15)28-21-26-14-25-20(29-21)24-13-17-9-11-30(12-10-17)22(32)33-23(3,4)5/h6-8,14,17H,9-13H2,1-5H3,(H,27,31)(H2,24,25,26,28,29). The Morgan fingerprint density at radius 2 is 1.79 bits per heavy atom. The van der Waals surface area contributed by atoms with Gasteiger partial charge in [0, 0.05) is 37.9 Å². The number of piperidine rings is 1. The third kappa shape index (κ3) is 7.30. The zero-order chi connectivity index (χ0) is 24.0. The quantitative estimate of drug-likeness (QED) is 0.599. The Kier molecular flexibility index (Phi) is 7.67. The maximum atomic E-state index is 12.2. The van der Waals surface area contributed by atoms with E-state index in [0.29, 0.717) is 37.4 Å². The zero-order valence-corrected chi connectivity index (χ0v) is 19.9. The van der Waals surface area contributed by atoms with Crippen LogP contribution in [-0.2, 0) is 9.53 Å². The molecule has 0 bridgehead atoms. The topological polar surface area (TPSA) is 121 Å². The van der Waals surface area contributed by atoms with E-state index in [1.54, 1.807) is 4.90 Å². The van der Waals surface area contributed by atoms with Gasteiger partial charge in [-0.1, -0.05) is 6.07 Å². The van der Waals surface area contributed by atoms with Gasteiger partial charge in [-0.3, -0.25) is 4.79 Å². The lowest BCUT2D eigenvalue weighted by atomic mass is 9.97. The van der Waals surface area contributed by atoms with Crippen LogP contribution in [0.5, 0.6) is 0 Å². The second kappa shape index (κ2) is 10.5. The second-order valence-corrected chi connectivity index (χ2v) is 9.21. The zero-order valence-electron chi connectivity index (χ0n) is 19.9. The summed E-state index contributed by atoms with van der Waals surface area (Å²) in [6, 6.07) is 5.59. The largest absolute Gasteiger partial charge is 0.444 e. The van der Waals surface area contributed by atoms with Crippen LogP contribution in [0.3, 0.4) is 0 Å². The number of nitrogens with zero attached hydrogens (tertiary/aromatic N) is 4. The van der Waals surface area contributed by atoms with Gasteiger partial charge < -0.3 is 25.6 Å². The van der Waals surface area contributed by atoms with Gasteiger partial charge in [0.2, 0.25) is 17.8 Å². The molecule has 3 rings (SSSR count). The first-order valence-electron chi connectivity index (χ1n) is 11.2. The van der Waals surface area contributed by atoms with Crippen LogP contribution in [-0.4, -0.2) is 57.1 Å². The van der Waals surface area contributed by atoms with Gasteiger partial charge in [-0.15, -0.1) is 0 Å². The summed E-state index contributed by atoms with van der Waals surface area (Å²) in [5.41, 5.74) is 1.94. The number of rotatable bonds is 6. The Hall–Kier alpha value is -3.43. The summed E-state index contributed by atoms with van der Waals surface area (Å²) in [7, 11) is 0. The van der Waals surface area contributed by atoms with E-state index < -0.39 is 5.60 Å². The molecule has 2 aromatic rings. The molecule has 1 aliphatic rings. The molecule has 2 amide bonds. The summed E-state index contributed by atoms with van der Waals surface area (Å²) >= 11 is 0. The van der Waals surface area contributed by atoms with Crippen molar-refractivity contribution < 1.29 is 14.3 Å². The van der Waals surface area contributed by atoms with Crippen molar-refractivity contribution in [2.24, 2.45) is 5.92 Å². The summed E-state index contributed by atoms with van der Waals surface area (Å²) in [4.78, 5) is 38.2. The molecule has 0 spiro atoms. The van der Waals surface area contributed by atoms with Crippen molar-refractivity contribution in [3.63, 3.8) is 0 Å². The monoisotopic (exact) mass is 455 g/mol. The SMILES string of the molecule is CC(=O)Nc1cccc(Nc2ncnc(NCC3CCN(C(=O)OC(C)(C)C)CC3)n2)c1C. The van der Waals surface area contributed by atoms with Gasteiger partial charge in [-0.25, -0.2) is 14.8 Å². The smallest absolute Gasteiger partial charge is 0.410 e. The van der Waals surface area contributed by atoms with Gasteiger partial charge in [0.05, 0.1) is 0 Å². The molecule has 3 N–H and O–H groups in total. The first kappa shape index (κ1) is 24.2. The van der Waals surface area contributed by atoms with Gasteiger partial charge >= 0.3 is 6.09 Å². The number of nitrogens with one attached hydrogen (secondary N) is 3. The number of likely N-dealkylation sites (tertiary alicyclic amines) is 1. The van der Waals surface area contributed by atoms with E-state index in [0.717, 1.165) is 29.8 Å². The molecule has 0 aliphatic carbocycles. The Morgan fingerprint density at radius 1 is 1.12 bits per heavy atom. The van der Waals surface area contributed by atoms with Gasteiger partial charge in [0.15, 0.2) is 0 Å². The lowest BCUT2D eigenvalue weighted by Gasteiger charge is -2.33. The number of aromatic nitrogens is 3. The van der Waals surface area contributed by atoms with Crippen LogP contribution >= 0.6 is 0 Å². The summed E-state index contributed by atoms with van der Waals surface area (Å²) in [6.07, 6.45) is 2.98. The highest BCUT2D eigenvalue weighted by molar-refractivity contribution is 5.90. The Labute approximate surface area is 194 Å². The van der Waals surface area contributed by atoms with Crippen LogP contribution in [0.2, 0.25) is 0 Å². The molecule has 1 fully saturated rings. The van der Waals surface area contributed by atoms with Crippen LogP contribution in [0.4, 0.5) is 28.1 Å². The first-order valence-corrected chi connectivity index (χ1v) is 11.2. The van der Waals surface area contributed by atoms with Crippen LogP contribution < -0.4 is 16.0 Å². The maximum absolute atomic E-state index is 12.2. The van der Waals surface area contributed by atoms with Crippen molar-refractivity contribution in [3.8, 4) is 0 Å². The van der Waals surface area contributed by atoms with E-state index in [1.165, 1.54) is 13.3 Å². The van der Waals surface area contributed by atoms with Crippen molar-refractivity contribution >= 4 is 35.3 Å². The molecule has 0 atom stereocenters. The predicted molar refractivity (Wildman–Crippen MR) is 128 cm³/mol. The molecule has 2 heterocycles. The minimum Gasteiger partial charge on any atom is -0.444 e. The maximum Gasteiger partial charge on any atom is 0.410 e. The summed E-state index contributed by atoms with van der Waals surface area (Å²) in [5.74, 6) is 1.18. The molecule has 10 nitrogen and oxygen atoms in total. The highest BCUT2D eigenvalue weighted by atomic mass is 16.6. The van der Waals surface area contributed by atoms with E-state index in [9.17, 15) is 9.59 Å². The van der Waals surface area contributed by atoms with Crippen molar-refractivity contribution in [1.82, 2.24) is 19.9 Å². The second-order valence-electron chi connectivity index (χ2n) is 9.21. The van der Waals surface area contributed by atoms with E-state index >= 15 is 0 Å². The van der Waals surface area contributed by atoms with Crippen molar-refractivity contribution in [2.75, 3.05) is 35.6 Å². The Bertz CT molecular complexity index is 982. The molecule has 33 heavy (non-hydrogen) atoms. The van der Waals surface area contributed by atoms with Crippen LogP contribution in [0, 0.1) is 12.8 Å². The average Bonchev–Trinajstić information content (AvgIpc) is 2.74. The molecule has 1 saturated heterocycles. The highest BCUT2D eigenvalue weighted by Crippen LogP contribution is 2.25. The molecular formula is C23H33N7O3. The third-order valence-corrected chi connectivity index (χ3v) is 5.28. The predicted octanol–water partition coefficient (Wildman–Crippen LogP) is 3.94. The van der Waals surface area contributed by atoms with Gasteiger partial charge in [-0.2, -0.15) is 4.98 Å². The minimum absolute atomic E-state index is 0.126. The van der Waals surface area contributed by atoms with Crippen molar-refractivity contribution in [2.45, 2.75) is 53.1 Å². The number of anilines is 4. The lowest BCUT2D eigenvalue weighted by molar-refractivity contribution is -0.114. The van der Waals surface area contributed by atoms with E-state index in [-0.39, 0.29) is 12.0 Å². The normalized spacial score (nSPS) is 14.5. The molecule has 0 unspecified atom stereocenters. The number of benzene rings is 1. The Balaban J connectivity index is 1.52. The fraction of sp³-hybridized carbons (Fsp3) is 0.522.